The molecule has 4 nitrogen and oxygen atoms in total. The van der Waals surface area contributed by atoms with Gasteiger partial charge in [-0.1, -0.05) is 30.3 Å². The average molecular weight is 410 g/mol. The summed E-state index contributed by atoms with van der Waals surface area (Å²) in [4.78, 5) is 14.1. The Morgan fingerprint density at radius 3 is 2.46 bits per heavy atom. The van der Waals surface area contributed by atoms with Crippen molar-refractivity contribution in [2.45, 2.75) is 9.79 Å². The third-order valence-corrected chi connectivity index (χ3v) is 5.75. The topological polar surface area (TPSA) is 68.3 Å². The van der Waals surface area contributed by atoms with E-state index in [1.807, 2.05) is 48.5 Å². The second kappa shape index (κ2) is 8.10. The molecule has 1 heterocycles. The van der Waals surface area contributed by atoms with Crippen LogP contribution in [0.3, 0.4) is 0 Å². The zero-order valence-corrected chi connectivity index (χ0v) is 16.1. The van der Waals surface area contributed by atoms with E-state index in [-0.39, 0.29) is 5.56 Å². The molecule has 0 atom stereocenters. The molecule has 4 rings (SSSR count). The predicted octanol–water partition coefficient (Wildman–Crippen LogP) is 5.64. The zero-order chi connectivity index (χ0) is 19.5. The molecule has 0 bridgehead atoms. The lowest BCUT2D eigenvalue weighted by molar-refractivity contribution is 0.0984. The third kappa shape index (κ3) is 3.77. The summed E-state index contributed by atoms with van der Waals surface area (Å²) in [6.07, 6.45) is 0. The van der Waals surface area contributed by atoms with Crippen molar-refractivity contribution in [1.82, 2.24) is 4.72 Å². The van der Waals surface area contributed by atoms with Crippen molar-refractivity contribution in [3.05, 3.63) is 84.2 Å². The van der Waals surface area contributed by atoms with E-state index < -0.39 is 11.7 Å². The molecular formula is C21H15FN2O2S2. The van der Waals surface area contributed by atoms with E-state index in [0.29, 0.717) is 16.9 Å². The van der Waals surface area contributed by atoms with E-state index in [1.54, 1.807) is 18.2 Å². The lowest BCUT2D eigenvalue weighted by Crippen LogP contribution is -2.16. The molecule has 140 valence electrons. The van der Waals surface area contributed by atoms with Gasteiger partial charge in [0.05, 0.1) is 5.56 Å². The van der Waals surface area contributed by atoms with Crippen LogP contribution >= 0.6 is 23.9 Å². The van der Waals surface area contributed by atoms with Crippen LogP contribution in [-0.4, -0.2) is 5.91 Å². The predicted molar refractivity (Wildman–Crippen MR) is 111 cm³/mol. The highest BCUT2D eigenvalue weighted by Crippen LogP contribution is 2.30. The van der Waals surface area contributed by atoms with E-state index >= 15 is 0 Å². The van der Waals surface area contributed by atoms with Gasteiger partial charge >= 0.3 is 0 Å². The normalized spacial score (nSPS) is 10.9. The molecule has 0 aliphatic rings. The molecule has 1 amide bonds. The molecule has 0 radical (unpaired) electrons. The number of carbonyl (C=O) groups excluding carboxylic acids is 1. The second-order valence-corrected chi connectivity index (χ2v) is 7.46. The monoisotopic (exact) mass is 410 g/mol. The minimum Gasteiger partial charge on any atom is -0.456 e. The van der Waals surface area contributed by atoms with E-state index in [0.717, 1.165) is 39.1 Å². The molecule has 3 aromatic carbocycles. The number of halogens is 1. The molecule has 1 aromatic heterocycles. The summed E-state index contributed by atoms with van der Waals surface area (Å²) in [5, 5.41) is 6.51. The number of benzene rings is 3. The minimum atomic E-state index is -0.519. The fourth-order valence-electron chi connectivity index (χ4n) is 2.76. The molecule has 28 heavy (non-hydrogen) atoms. The van der Waals surface area contributed by atoms with Crippen LogP contribution in [0.2, 0.25) is 0 Å². The highest BCUT2D eigenvalue weighted by atomic mass is 32.2. The molecule has 0 spiro atoms. The molecule has 4 aromatic rings. The molecule has 0 saturated carbocycles. The van der Waals surface area contributed by atoms with Crippen LogP contribution in [0, 0.1) is 5.82 Å². The van der Waals surface area contributed by atoms with Crippen LogP contribution in [0.15, 0.2) is 87.0 Å². The number of amides is 1. The van der Waals surface area contributed by atoms with Crippen molar-refractivity contribution >= 4 is 40.8 Å². The van der Waals surface area contributed by atoms with Crippen molar-refractivity contribution in [1.29, 1.82) is 0 Å². The van der Waals surface area contributed by atoms with Gasteiger partial charge in [0, 0.05) is 20.7 Å². The summed E-state index contributed by atoms with van der Waals surface area (Å²) >= 11 is 2.25. The molecule has 0 fully saturated rings. The first-order valence-corrected chi connectivity index (χ1v) is 10.1. The number of nitrogens with one attached hydrogen (secondary N) is 1. The summed E-state index contributed by atoms with van der Waals surface area (Å²) in [6.45, 7) is 0. The van der Waals surface area contributed by atoms with Gasteiger partial charge in [-0.25, -0.2) is 4.39 Å². The number of fused-ring (bicyclic) bond motifs is 1. The van der Waals surface area contributed by atoms with Crippen LogP contribution in [-0.2, 0) is 0 Å². The van der Waals surface area contributed by atoms with Gasteiger partial charge in [-0.2, -0.15) is 0 Å². The van der Waals surface area contributed by atoms with Crippen molar-refractivity contribution in [3.8, 4) is 11.3 Å². The molecule has 0 aliphatic heterocycles. The molecule has 0 aliphatic carbocycles. The summed E-state index contributed by atoms with van der Waals surface area (Å²) in [5.41, 5.74) is 1.22. The molecular weight excluding hydrogens is 395 g/mol. The van der Waals surface area contributed by atoms with Gasteiger partial charge in [0.15, 0.2) is 0 Å². The van der Waals surface area contributed by atoms with Gasteiger partial charge in [-0.05, 0) is 66.4 Å². The van der Waals surface area contributed by atoms with Crippen LogP contribution in [0.5, 0.6) is 0 Å². The molecule has 0 saturated heterocycles. The summed E-state index contributed by atoms with van der Waals surface area (Å²) in [6, 6.07) is 21.0. The Balaban J connectivity index is 1.53. The number of para-hydroxylation sites is 1. The van der Waals surface area contributed by atoms with Crippen LogP contribution < -0.4 is 9.86 Å². The maximum absolute atomic E-state index is 14.6. The minimum absolute atomic E-state index is 0.225. The smallest absolute Gasteiger partial charge is 0.261 e. The fraction of sp³-hybridized carbons (Fsp3) is 0. The van der Waals surface area contributed by atoms with Crippen LogP contribution in [0.25, 0.3) is 22.3 Å². The van der Waals surface area contributed by atoms with Crippen molar-refractivity contribution in [2.24, 2.45) is 5.14 Å². The van der Waals surface area contributed by atoms with Gasteiger partial charge in [0.1, 0.15) is 17.2 Å². The van der Waals surface area contributed by atoms with Crippen LogP contribution in [0.4, 0.5) is 4.39 Å². The molecule has 0 unspecified atom stereocenters. The number of hydrogen-bond donors (Lipinski definition) is 2. The van der Waals surface area contributed by atoms with Gasteiger partial charge in [0.2, 0.25) is 0 Å². The largest absolute Gasteiger partial charge is 0.456 e. The first-order chi connectivity index (χ1) is 13.7. The second-order valence-electron chi connectivity index (χ2n) is 5.94. The van der Waals surface area contributed by atoms with Gasteiger partial charge < -0.3 is 4.42 Å². The Bertz CT molecular complexity index is 1130. The third-order valence-electron chi connectivity index (χ3n) is 4.15. The highest BCUT2D eigenvalue weighted by Gasteiger charge is 2.15. The van der Waals surface area contributed by atoms with E-state index in [9.17, 15) is 9.18 Å². The first-order valence-electron chi connectivity index (χ1n) is 8.37. The Morgan fingerprint density at radius 1 is 0.964 bits per heavy atom. The SMILES string of the molecule is NSc1ccccc1SNC(=O)c1ccc(-c2cc3ccccc3o2)c(F)c1. The Labute approximate surface area is 169 Å². The lowest BCUT2D eigenvalue weighted by Gasteiger charge is -2.08. The number of hydrogen-bond acceptors (Lipinski definition) is 5. The van der Waals surface area contributed by atoms with Crippen LogP contribution in [0.1, 0.15) is 10.4 Å². The number of furan rings is 1. The average Bonchev–Trinajstić information content (AvgIpc) is 3.16. The van der Waals surface area contributed by atoms with Crippen molar-refractivity contribution in [2.75, 3.05) is 0 Å². The van der Waals surface area contributed by atoms with E-state index in [1.165, 1.54) is 6.07 Å². The van der Waals surface area contributed by atoms with Gasteiger partial charge in [-0.3, -0.25) is 14.7 Å². The maximum atomic E-state index is 14.6. The van der Waals surface area contributed by atoms with E-state index in [4.69, 9.17) is 9.56 Å². The van der Waals surface area contributed by atoms with E-state index in [2.05, 4.69) is 4.72 Å². The molecule has 3 N–H and O–H groups in total. The Kier molecular flexibility index (Phi) is 5.38. The molecule has 7 heteroatoms. The quantitative estimate of drug-likeness (QED) is 0.417. The van der Waals surface area contributed by atoms with Crippen molar-refractivity contribution in [3.63, 3.8) is 0 Å². The van der Waals surface area contributed by atoms with Crippen molar-refractivity contribution < 1.29 is 13.6 Å². The van der Waals surface area contributed by atoms with Gasteiger partial charge in [-0.15, -0.1) is 0 Å². The first kappa shape index (κ1) is 18.6. The highest BCUT2D eigenvalue weighted by molar-refractivity contribution is 8.00. The summed E-state index contributed by atoms with van der Waals surface area (Å²) < 4.78 is 23.1. The lowest BCUT2D eigenvalue weighted by atomic mass is 10.1. The Morgan fingerprint density at radius 2 is 1.71 bits per heavy atom. The number of carbonyl (C=O) groups is 1. The Hall–Kier alpha value is -2.74. The fourth-order valence-corrected chi connectivity index (χ4v) is 4.01. The summed E-state index contributed by atoms with van der Waals surface area (Å²) in [5.74, 6) is -0.486. The summed E-state index contributed by atoms with van der Waals surface area (Å²) in [7, 11) is 0. The maximum Gasteiger partial charge on any atom is 0.261 e. The number of nitrogens with two attached hydrogens (primary N) is 1. The standard InChI is InChI=1S/C21H15FN2O2S2/c22-16-11-14(21(25)24-28-20-8-4-3-7-19(20)27-23)9-10-15(16)18-12-13-5-1-2-6-17(13)26-18/h1-12H,23H2,(H,24,25). The van der Waals surface area contributed by atoms with Gasteiger partial charge in [0.25, 0.3) is 5.91 Å². The number of rotatable bonds is 5. The zero-order valence-electron chi connectivity index (χ0n) is 14.5.